The van der Waals surface area contributed by atoms with Crippen LogP contribution in [0.4, 0.5) is 5.69 Å². The SMILES string of the molecule is COc1ccc(NS(=O)(=O)c2ccc(Cl)c3ccccc23)c2c1C[C@@H](N(C)C)CO2. The zero-order valence-electron chi connectivity index (χ0n) is 17.0. The highest BCUT2D eigenvalue weighted by Crippen LogP contribution is 2.41. The zero-order valence-corrected chi connectivity index (χ0v) is 18.5. The molecule has 0 saturated carbocycles. The number of sulfonamides is 1. The number of likely N-dealkylation sites (N-methyl/N-ethyl adjacent to an activating group) is 1. The van der Waals surface area contributed by atoms with Gasteiger partial charge >= 0.3 is 0 Å². The van der Waals surface area contributed by atoms with E-state index < -0.39 is 10.0 Å². The largest absolute Gasteiger partial charge is 0.496 e. The van der Waals surface area contributed by atoms with Gasteiger partial charge in [0.15, 0.2) is 0 Å². The highest BCUT2D eigenvalue weighted by atomic mass is 35.5. The van der Waals surface area contributed by atoms with Crippen molar-refractivity contribution in [3.8, 4) is 11.5 Å². The average molecular weight is 447 g/mol. The van der Waals surface area contributed by atoms with Gasteiger partial charge in [-0.05, 0) is 44.8 Å². The van der Waals surface area contributed by atoms with Gasteiger partial charge in [-0.2, -0.15) is 0 Å². The second kappa shape index (κ2) is 7.98. The zero-order chi connectivity index (χ0) is 21.5. The summed E-state index contributed by atoms with van der Waals surface area (Å²) in [6.07, 6.45) is 0.699. The van der Waals surface area contributed by atoms with Gasteiger partial charge in [0.1, 0.15) is 18.1 Å². The normalized spacial score (nSPS) is 16.2. The molecule has 1 heterocycles. The lowest BCUT2D eigenvalue weighted by atomic mass is 10.00. The van der Waals surface area contributed by atoms with E-state index in [4.69, 9.17) is 21.1 Å². The quantitative estimate of drug-likeness (QED) is 0.637. The van der Waals surface area contributed by atoms with Crippen molar-refractivity contribution in [2.24, 2.45) is 0 Å². The predicted molar refractivity (Wildman–Crippen MR) is 119 cm³/mol. The molecule has 0 spiro atoms. The molecular weight excluding hydrogens is 424 g/mol. The van der Waals surface area contributed by atoms with Crippen LogP contribution in [0.2, 0.25) is 5.02 Å². The van der Waals surface area contributed by atoms with Gasteiger partial charge in [-0.3, -0.25) is 4.72 Å². The minimum Gasteiger partial charge on any atom is -0.496 e. The van der Waals surface area contributed by atoms with Crippen LogP contribution in [0.5, 0.6) is 11.5 Å². The molecule has 30 heavy (non-hydrogen) atoms. The summed E-state index contributed by atoms with van der Waals surface area (Å²) in [7, 11) is 1.70. The summed E-state index contributed by atoms with van der Waals surface area (Å²) in [6.45, 7) is 0.464. The van der Waals surface area contributed by atoms with Gasteiger partial charge in [-0.1, -0.05) is 35.9 Å². The van der Waals surface area contributed by atoms with E-state index in [2.05, 4.69) is 9.62 Å². The van der Waals surface area contributed by atoms with Crippen LogP contribution < -0.4 is 14.2 Å². The Morgan fingerprint density at radius 3 is 2.53 bits per heavy atom. The van der Waals surface area contributed by atoms with Crippen molar-refractivity contribution >= 4 is 38.1 Å². The van der Waals surface area contributed by atoms with Crippen molar-refractivity contribution < 1.29 is 17.9 Å². The lowest BCUT2D eigenvalue weighted by Gasteiger charge is -2.32. The first-order chi connectivity index (χ1) is 14.3. The summed E-state index contributed by atoms with van der Waals surface area (Å²) >= 11 is 6.25. The Labute approximate surface area is 181 Å². The molecule has 0 aliphatic carbocycles. The van der Waals surface area contributed by atoms with Gasteiger partial charge in [0.2, 0.25) is 0 Å². The molecule has 3 aromatic carbocycles. The molecule has 6 nitrogen and oxygen atoms in total. The highest BCUT2D eigenvalue weighted by Gasteiger charge is 2.29. The van der Waals surface area contributed by atoms with Gasteiger partial charge in [-0.15, -0.1) is 0 Å². The lowest BCUT2D eigenvalue weighted by molar-refractivity contribution is 0.164. The number of nitrogens with one attached hydrogen (secondary N) is 1. The van der Waals surface area contributed by atoms with Crippen molar-refractivity contribution in [2.45, 2.75) is 17.4 Å². The molecule has 3 aromatic rings. The summed E-state index contributed by atoms with van der Waals surface area (Å²) in [5.74, 6) is 1.19. The van der Waals surface area contributed by atoms with E-state index in [0.29, 0.717) is 46.0 Å². The maximum Gasteiger partial charge on any atom is 0.262 e. The molecule has 0 aromatic heterocycles. The average Bonchev–Trinajstić information content (AvgIpc) is 2.73. The number of methoxy groups -OCH3 is 1. The molecule has 1 aliphatic heterocycles. The van der Waals surface area contributed by atoms with E-state index in [1.165, 1.54) is 6.07 Å². The van der Waals surface area contributed by atoms with Crippen LogP contribution in [0, 0.1) is 0 Å². The van der Waals surface area contributed by atoms with Gasteiger partial charge < -0.3 is 14.4 Å². The fourth-order valence-electron chi connectivity index (χ4n) is 3.71. The topological polar surface area (TPSA) is 67.9 Å². The van der Waals surface area contributed by atoms with Gasteiger partial charge in [0, 0.05) is 27.4 Å². The first kappa shape index (κ1) is 20.8. The van der Waals surface area contributed by atoms with Crippen molar-refractivity contribution in [3.05, 3.63) is 59.1 Å². The molecule has 0 saturated heterocycles. The third kappa shape index (κ3) is 3.69. The first-order valence-corrected chi connectivity index (χ1v) is 11.4. The fourth-order valence-corrected chi connectivity index (χ4v) is 5.22. The van der Waals surface area contributed by atoms with Gasteiger partial charge in [-0.25, -0.2) is 8.42 Å². The maximum absolute atomic E-state index is 13.3. The molecule has 1 aliphatic rings. The molecule has 0 amide bonds. The second-order valence-corrected chi connectivity index (χ2v) is 9.51. The molecule has 0 unspecified atom stereocenters. The number of ether oxygens (including phenoxy) is 2. The van der Waals surface area contributed by atoms with E-state index >= 15 is 0 Å². The monoisotopic (exact) mass is 446 g/mol. The van der Waals surface area contributed by atoms with Gasteiger partial charge in [0.05, 0.1) is 17.7 Å². The third-order valence-corrected chi connectivity index (χ3v) is 7.15. The standard InChI is InChI=1S/C22H23ClN2O4S/c1-25(2)14-12-17-20(28-3)10-9-19(22(17)29-13-14)24-30(26,27)21-11-8-18(23)15-6-4-5-7-16(15)21/h4-11,14,24H,12-13H2,1-3H3/t14-/m1/s1. The van der Waals surface area contributed by atoms with Crippen LogP contribution in [-0.4, -0.2) is 47.2 Å². The van der Waals surface area contributed by atoms with E-state index in [-0.39, 0.29) is 10.9 Å². The molecule has 8 heteroatoms. The smallest absolute Gasteiger partial charge is 0.262 e. The van der Waals surface area contributed by atoms with E-state index in [1.807, 2.05) is 20.2 Å². The van der Waals surface area contributed by atoms with E-state index in [9.17, 15) is 8.42 Å². The van der Waals surface area contributed by atoms with Crippen LogP contribution in [0.3, 0.4) is 0 Å². The number of hydrogen-bond acceptors (Lipinski definition) is 5. The number of fused-ring (bicyclic) bond motifs is 2. The summed E-state index contributed by atoms with van der Waals surface area (Å²) in [5.41, 5.74) is 1.24. The number of anilines is 1. The number of nitrogens with zero attached hydrogens (tertiary/aromatic N) is 1. The Morgan fingerprint density at radius 1 is 1.10 bits per heavy atom. The minimum absolute atomic E-state index is 0.161. The van der Waals surface area contributed by atoms with E-state index in [0.717, 1.165) is 5.56 Å². The van der Waals surface area contributed by atoms with Crippen LogP contribution in [0.25, 0.3) is 10.8 Å². The molecule has 0 radical (unpaired) electrons. The first-order valence-electron chi connectivity index (χ1n) is 9.51. The molecule has 4 rings (SSSR count). The summed E-state index contributed by atoms with van der Waals surface area (Å²) in [4.78, 5) is 2.24. The number of hydrogen-bond donors (Lipinski definition) is 1. The van der Waals surface area contributed by atoms with Crippen molar-refractivity contribution in [2.75, 3.05) is 32.5 Å². The summed E-state index contributed by atoms with van der Waals surface area (Å²) in [6, 6.07) is 13.9. The Morgan fingerprint density at radius 2 is 1.83 bits per heavy atom. The van der Waals surface area contributed by atoms with Crippen molar-refractivity contribution in [3.63, 3.8) is 0 Å². The number of benzene rings is 3. The number of halogens is 1. The Hall–Kier alpha value is -2.48. The Bertz CT molecular complexity index is 1210. The molecule has 158 valence electrons. The van der Waals surface area contributed by atoms with Crippen LogP contribution in [0.1, 0.15) is 5.56 Å². The van der Waals surface area contributed by atoms with E-state index in [1.54, 1.807) is 43.5 Å². The third-order valence-electron chi connectivity index (χ3n) is 5.39. The Kier molecular flexibility index (Phi) is 5.53. The van der Waals surface area contributed by atoms with Crippen molar-refractivity contribution in [1.82, 2.24) is 4.90 Å². The van der Waals surface area contributed by atoms with Crippen LogP contribution in [0.15, 0.2) is 53.4 Å². The lowest BCUT2D eigenvalue weighted by Crippen LogP contribution is -2.38. The van der Waals surface area contributed by atoms with Gasteiger partial charge in [0.25, 0.3) is 10.0 Å². The second-order valence-electron chi connectivity index (χ2n) is 7.45. The number of rotatable bonds is 5. The summed E-state index contributed by atoms with van der Waals surface area (Å²) < 4.78 is 40.8. The highest BCUT2D eigenvalue weighted by molar-refractivity contribution is 7.93. The summed E-state index contributed by atoms with van der Waals surface area (Å²) in [5, 5.41) is 1.75. The van der Waals surface area contributed by atoms with Crippen molar-refractivity contribution in [1.29, 1.82) is 0 Å². The molecular formula is C22H23ClN2O4S. The minimum atomic E-state index is -3.88. The molecule has 1 atom stereocenters. The molecule has 0 fully saturated rings. The fraction of sp³-hybridized carbons (Fsp3) is 0.273. The van der Waals surface area contributed by atoms with Crippen LogP contribution in [-0.2, 0) is 16.4 Å². The van der Waals surface area contributed by atoms with Crippen LogP contribution >= 0.6 is 11.6 Å². The molecule has 1 N–H and O–H groups in total. The predicted octanol–water partition coefficient (Wildman–Crippen LogP) is 4.17. The molecule has 0 bridgehead atoms. The maximum atomic E-state index is 13.3. The Balaban J connectivity index is 1.77.